The summed E-state index contributed by atoms with van der Waals surface area (Å²) in [6.45, 7) is 1.66. The molecule has 0 amide bonds. The molecule has 0 unspecified atom stereocenters. The lowest BCUT2D eigenvalue weighted by atomic mass is 10.2. The van der Waals surface area contributed by atoms with Crippen LogP contribution in [0.3, 0.4) is 0 Å². The van der Waals surface area contributed by atoms with Gasteiger partial charge in [-0.15, -0.1) is 0 Å². The highest BCUT2D eigenvalue weighted by atomic mass is 16.4. The number of carboxylic acid groups (broad SMARTS) is 1. The van der Waals surface area contributed by atoms with Crippen LogP contribution in [0.5, 0.6) is 0 Å². The third kappa shape index (κ3) is 1.74. The molecule has 4 nitrogen and oxygen atoms in total. The summed E-state index contributed by atoms with van der Waals surface area (Å²) in [5, 5.41) is 10.7. The Morgan fingerprint density at radius 3 is 2.53 bits per heavy atom. The molecule has 1 aromatic carbocycles. The minimum atomic E-state index is -1.26. The summed E-state index contributed by atoms with van der Waals surface area (Å²) < 4.78 is 0. The minimum absolute atomic E-state index is 0.0335. The fourth-order valence-electron chi connectivity index (χ4n) is 1.39. The standard InChI is InChI=1S/C11H10N2O2/c1-7-9(11(14)15)13-10(12-7)8-5-3-2-4-6-8/h2-6H,1H3,(H,12,13)(H,14,15)/p-1. The number of rotatable bonds is 2. The van der Waals surface area contributed by atoms with Crippen molar-refractivity contribution < 1.29 is 9.90 Å². The molecule has 0 saturated carbocycles. The average Bonchev–Trinajstić information content (AvgIpc) is 2.62. The monoisotopic (exact) mass is 201 g/mol. The van der Waals surface area contributed by atoms with E-state index in [0.29, 0.717) is 11.5 Å². The third-order valence-electron chi connectivity index (χ3n) is 2.13. The number of carboxylic acids is 1. The molecule has 76 valence electrons. The highest BCUT2D eigenvalue weighted by Gasteiger charge is 2.08. The van der Waals surface area contributed by atoms with Crippen LogP contribution >= 0.6 is 0 Å². The summed E-state index contributed by atoms with van der Waals surface area (Å²) in [4.78, 5) is 17.5. The molecule has 0 saturated heterocycles. The van der Waals surface area contributed by atoms with Crippen LogP contribution in [-0.4, -0.2) is 15.9 Å². The number of aromatic carboxylic acids is 1. The molecular weight excluding hydrogens is 192 g/mol. The highest BCUT2D eigenvalue weighted by Crippen LogP contribution is 2.16. The average molecular weight is 201 g/mol. The largest absolute Gasteiger partial charge is 0.543 e. The van der Waals surface area contributed by atoms with Crippen molar-refractivity contribution in [3.05, 3.63) is 41.7 Å². The van der Waals surface area contributed by atoms with E-state index in [0.717, 1.165) is 5.56 Å². The SMILES string of the molecule is Cc1[nH]c(-c2ccccc2)nc1C(=O)[O-]. The van der Waals surface area contributed by atoms with Crippen molar-refractivity contribution in [2.45, 2.75) is 6.92 Å². The molecule has 0 spiro atoms. The maximum Gasteiger partial charge on any atom is 0.138 e. The molecule has 0 radical (unpaired) electrons. The Labute approximate surface area is 86.6 Å². The predicted octanol–water partition coefficient (Wildman–Crippen LogP) is 0.749. The zero-order valence-corrected chi connectivity index (χ0v) is 8.15. The van der Waals surface area contributed by atoms with Crippen molar-refractivity contribution in [2.75, 3.05) is 0 Å². The quantitative estimate of drug-likeness (QED) is 0.779. The maximum absolute atomic E-state index is 10.7. The first-order valence-corrected chi connectivity index (χ1v) is 4.52. The Balaban J connectivity index is 2.48. The third-order valence-corrected chi connectivity index (χ3v) is 2.13. The van der Waals surface area contributed by atoms with Crippen molar-refractivity contribution in [2.24, 2.45) is 0 Å². The van der Waals surface area contributed by atoms with E-state index in [9.17, 15) is 9.90 Å². The lowest BCUT2D eigenvalue weighted by Gasteiger charge is -1.96. The number of aromatic nitrogens is 2. The number of carbonyl (C=O) groups excluding carboxylic acids is 1. The van der Waals surface area contributed by atoms with Crippen LogP contribution in [0, 0.1) is 6.92 Å². The molecule has 0 aliphatic carbocycles. The molecule has 0 fully saturated rings. The summed E-state index contributed by atoms with van der Waals surface area (Å²) in [5.74, 6) is -0.710. The fraction of sp³-hybridized carbons (Fsp3) is 0.0909. The molecule has 15 heavy (non-hydrogen) atoms. The first-order chi connectivity index (χ1) is 7.18. The molecule has 2 aromatic rings. The molecule has 0 bridgehead atoms. The van der Waals surface area contributed by atoms with Gasteiger partial charge < -0.3 is 14.9 Å². The van der Waals surface area contributed by atoms with Crippen LogP contribution in [0.1, 0.15) is 16.2 Å². The molecule has 1 aromatic heterocycles. The van der Waals surface area contributed by atoms with Gasteiger partial charge in [0.05, 0.1) is 5.97 Å². The summed E-state index contributed by atoms with van der Waals surface area (Å²) in [6.07, 6.45) is 0. The van der Waals surface area contributed by atoms with Crippen LogP contribution in [0.25, 0.3) is 11.4 Å². The lowest BCUT2D eigenvalue weighted by Crippen LogP contribution is -2.23. The Hall–Kier alpha value is -2.10. The van der Waals surface area contributed by atoms with Crippen molar-refractivity contribution in [1.82, 2.24) is 9.97 Å². The number of H-pyrrole nitrogens is 1. The maximum atomic E-state index is 10.7. The van der Waals surface area contributed by atoms with Crippen molar-refractivity contribution in [3.8, 4) is 11.4 Å². The summed E-state index contributed by atoms with van der Waals surface area (Å²) >= 11 is 0. The molecule has 2 rings (SSSR count). The molecule has 0 atom stereocenters. The molecule has 0 aliphatic rings. The van der Waals surface area contributed by atoms with E-state index in [1.807, 2.05) is 30.3 Å². The summed E-state index contributed by atoms with van der Waals surface area (Å²) in [5.41, 5.74) is 1.33. The number of aromatic amines is 1. The number of nitrogens with zero attached hydrogens (tertiary/aromatic N) is 1. The number of carbonyl (C=O) groups is 1. The van der Waals surface area contributed by atoms with E-state index in [1.165, 1.54) is 0 Å². The fourth-order valence-corrected chi connectivity index (χ4v) is 1.39. The van der Waals surface area contributed by atoms with E-state index < -0.39 is 5.97 Å². The Kier molecular flexibility index (Phi) is 2.25. The Bertz CT molecular complexity index is 489. The number of aryl methyl sites for hydroxylation is 1. The zero-order valence-electron chi connectivity index (χ0n) is 8.15. The van der Waals surface area contributed by atoms with Gasteiger partial charge in [-0.3, -0.25) is 0 Å². The number of hydrogen-bond donors (Lipinski definition) is 1. The van der Waals surface area contributed by atoms with Crippen molar-refractivity contribution >= 4 is 5.97 Å². The summed E-state index contributed by atoms with van der Waals surface area (Å²) in [7, 11) is 0. The lowest BCUT2D eigenvalue weighted by molar-refractivity contribution is -0.255. The van der Waals surface area contributed by atoms with Gasteiger partial charge in [0, 0.05) is 11.3 Å². The molecular formula is C11H9N2O2-. The van der Waals surface area contributed by atoms with E-state index >= 15 is 0 Å². The van der Waals surface area contributed by atoms with Gasteiger partial charge in [0.15, 0.2) is 0 Å². The summed E-state index contributed by atoms with van der Waals surface area (Å²) in [6, 6.07) is 9.34. The first-order valence-electron chi connectivity index (χ1n) is 4.52. The van der Waals surface area contributed by atoms with Crippen LogP contribution in [0.4, 0.5) is 0 Å². The van der Waals surface area contributed by atoms with E-state index in [1.54, 1.807) is 6.92 Å². The van der Waals surface area contributed by atoms with E-state index in [4.69, 9.17) is 0 Å². The van der Waals surface area contributed by atoms with Gasteiger partial charge in [-0.1, -0.05) is 30.3 Å². The topological polar surface area (TPSA) is 68.8 Å². The van der Waals surface area contributed by atoms with E-state index in [-0.39, 0.29) is 5.69 Å². The van der Waals surface area contributed by atoms with Gasteiger partial charge in [-0.05, 0) is 6.92 Å². The van der Waals surface area contributed by atoms with Crippen molar-refractivity contribution in [1.29, 1.82) is 0 Å². The van der Waals surface area contributed by atoms with Gasteiger partial charge in [-0.25, -0.2) is 4.98 Å². The van der Waals surface area contributed by atoms with Gasteiger partial charge >= 0.3 is 0 Å². The first kappa shape index (κ1) is 9.45. The van der Waals surface area contributed by atoms with Crippen LogP contribution in [0.2, 0.25) is 0 Å². The second-order valence-electron chi connectivity index (χ2n) is 3.21. The van der Waals surface area contributed by atoms with Gasteiger partial charge in [0.1, 0.15) is 11.5 Å². The Morgan fingerprint density at radius 2 is 2.00 bits per heavy atom. The predicted molar refractivity (Wildman–Crippen MR) is 53.1 cm³/mol. The highest BCUT2D eigenvalue weighted by molar-refractivity contribution is 5.85. The second-order valence-corrected chi connectivity index (χ2v) is 3.21. The molecule has 1 N–H and O–H groups in total. The number of hydrogen-bond acceptors (Lipinski definition) is 3. The van der Waals surface area contributed by atoms with Gasteiger partial charge in [-0.2, -0.15) is 0 Å². The van der Waals surface area contributed by atoms with Crippen LogP contribution in [-0.2, 0) is 0 Å². The van der Waals surface area contributed by atoms with Crippen LogP contribution in [0.15, 0.2) is 30.3 Å². The van der Waals surface area contributed by atoms with Gasteiger partial charge in [0.2, 0.25) is 0 Å². The van der Waals surface area contributed by atoms with Gasteiger partial charge in [0.25, 0.3) is 0 Å². The van der Waals surface area contributed by atoms with Crippen LogP contribution < -0.4 is 5.11 Å². The zero-order chi connectivity index (χ0) is 10.8. The number of nitrogens with one attached hydrogen (secondary N) is 1. The number of imidazole rings is 1. The molecule has 0 aliphatic heterocycles. The number of benzene rings is 1. The smallest absolute Gasteiger partial charge is 0.138 e. The molecule has 4 heteroatoms. The normalized spacial score (nSPS) is 10.2. The molecule has 1 heterocycles. The Morgan fingerprint density at radius 1 is 1.33 bits per heavy atom. The van der Waals surface area contributed by atoms with Crippen molar-refractivity contribution in [3.63, 3.8) is 0 Å². The minimum Gasteiger partial charge on any atom is -0.543 e. The second kappa shape index (κ2) is 3.57. The van der Waals surface area contributed by atoms with E-state index in [2.05, 4.69) is 9.97 Å².